The van der Waals surface area contributed by atoms with Crippen LogP contribution < -0.4 is 21.5 Å². The molecule has 7 N–H and O–H groups in total. The van der Waals surface area contributed by atoms with Crippen molar-refractivity contribution in [2.24, 2.45) is 5.73 Å². The highest BCUT2D eigenvalue weighted by Crippen LogP contribution is 2.34. The molecule has 2 aromatic rings. The van der Waals surface area contributed by atoms with Gasteiger partial charge in [-0.25, -0.2) is 15.0 Å². The Kier molecular flexibility index (Phi) is 10.8. The molecule has 0 radical (unpaired) electrons. The van der Waals surface area contributed by atoms with Gasteiger partial charge in [0.25, 0.3) is 0 Å². The molecule has 0 saturated carbocycles. The number of nitrogens with zero attached hydrogens (tertiary/aromatic N) is 3. The van der Waals surface area contributed by atoms with Gasteiger partial charge in [-0.2, -0.15) is 0 Å². The fraction of sp³-hybridized carbons (Fsp3) is 0.421. The minimum absolute atomic E-state index is 0.0270. The fourth-order valence-electron chi connectivity index (χ4n) is 2.59. The van der Waals surface area contributed by atoms with Crippen LogP contribution in [0.5, 0.6) is 0 Å². The van der Waals surface area contributed by atoms with Crippen molar-refractivity contribution >= 4 is 58.4 Å². The topological polar surface area (TPSA) is 236 Å². The van der Waals surface area contributed by atoms with Gasteiger partial charge in [0.15, 0.2) is 5.65 Å². The van der Waals surface area contributed by atoms with E-state index in [9.17, 15) is 24.3 Å². The third-order valence-electron chi connectivity index (χ3n) is 4.28. The van der Waals surface area contributed by atoms with Crippen molar-refractivity contribution in [3.63, 3.8) is 0 Å². The molecule has 2 rings (SSSR count). The minimum atomic E-state index is -1.27. The van der Waals surface area contributed by atoms with Crippen molar-refractivity contribution in [1.82, 2.24) is 30.6 Å². The van der Waals surface area contributed by atoms with Gasteiger partial charge in [0.1, 0.15) is 35.5 Å². The maximum Gasteiger partial charge on any atom is 0.322 e. The van der Waals surface area contributed by atoms with E-state index in [4.69, 9.17) is 15.9 Å². The van der Waals surface area contributed by atoms with Crippen molar-refractivity contribution in [1.29, 1.82) is 0 Å². The van der Waals surface area contributed by atoms with Gasteiger partial charge in [-0.3, -0.25) is 19.2 Å². The van der Waals surface area contributed by atoms with Gasteiger partial charge >= 0.3 is 11.9 Å². The van der Waals surface area contributed by atoms with Crippen LogP contribution in [0.2, 0.25) is 0 Å². The molecule has 0 aliphatic carbocycles. The van der Waals surface area contributed by atoms with Crippen LogP contribution >= 0.6 is 23.5 Å². The first-order valence-corrected chi connectivity index (χ1v) is 12.0. The third-order valence-corrected chi connectivity index (χ3v) is 6.87. The Morgan fingerprint density at radius 3 is 2.66 bits per heavy atom. The number of carbonyl (C=O) groups is 4. The smallest absolute Gasteiger partial charge is 0.322 e. The number of aliphatic carboxylic acids is 2. The number of hydrogen-bond donors (Lipinski definition) is 6. The van der Waals surface area contributed by atoms with Gasteiger partial charge in [0.05, 0.1) is 10.9 Å². The average molecular weight is 527 g/mol. The number of allylic oxidation sites excluding steroid dienone is 1. The fourth-order valence-corrected chi connectivity index (χ4v) is 5.13. The number of aromatic nitrogens is 4. The molecule has 2 amide bonds. The van der Waals surface area contributed by atoms with E-state index in [1.54, 1.807) is 0 Å². The Hall–Kier alpha value is -3.37. The minimum Gasteiger partial charge on any atom is -0.876 e. The molecule has 3 unspecified atom stereocenters. The summed E-state index contributed by atoms with van der Waals surface area (Å²) in [5.74, 6) is -4.17. The Morgan fingerprint density at radius 1 is 1.26 bits per heavy atom. The third kappa shape index (κ3) is 9.42. The monoisotopic (exact) mass is 526 g/mol. The van der Waals surface area contributed by atoms with Crippen LogP contribution in [0.25, 0.3) is 11.2 Å². The lowest BCUT2D eigenvalue weighted by atomic mass is 10.1. The van der Waals surface area contributed by atoms with E-state index in [1.807, 2.05) is 0 Å². The number of hydrogen-bond acceptors (Lipinski definition) is 11. The first kappa shape index (κ1) is 27.9. The number of carboxylic acids is 2. The van der Waals surface area contributed by atoms with E-state index >= 15 is 0 Å². The van der Waals surface area contributed by atoms with Crippen LogP contribution in [0, 0.1) is 0 Å². The summed E-state index contributed by atoms with van der Waals surface area (Å²) in [6.45, 7) is 0.709. The van der Waals surface area contributed by atoms with E-state index in [1.165, 1.54) is 37.4 Å². The predicted octanol–water partition coefficient (Wildman–Crippen LogP) is -1.35. The number of imidazole rings is 1. The summed E-state index contributed by atoms with van der Waals surface area (Å²) in [6, 6.07) is -2.40. The normalized spacial score (nSPS) is 14.2. The maximum atomic E-state index is 12.5. The molecule has 0 spiro atoms. The number of amides is 2. The molecule has 2 heterocycles. The molecule has 3 atom stereocenters. The summed E-state index contributed by atoms with van der Waals surface area (Å²) >= 11 is 2.35. The standard InChI is InChI=1S/C19H25N7O7S2/c1-9(27)4-14(35-18-15-16(23-7-22-15)24-8-25-18)34-6-11(17(31)21-5-13(29)30)26-12(28)3-2-10(20)19(32)33/h4,7-8,10-11,14,27H,2-3,5-6,20H2,1H3,(H,21,31)(H,26,28)(H,29,30)(H,32,33)(H,22,23,24,25)/p-1/b9-4-. The lowest BCUT2D eigenvalue weighted by Gasteiger charge is -2.21. The highest BCUT2D eigenvalue weighted by molar-refractivity contribution is 8.17. The molecule has 0 aromatic carbocycles. The summed E-state index contributed by atoms with van der Waals surface area (Å²) in [7, 11) is 0. The van der Waals surface area contributed by atoms with E-state index in [0.29, 0.717) is 16.2 Å². The molecular weight excluding hydrogens is 502 g/mol. The second-order valence-corrected chi connectivity index (χ2v) is 9.70. The lowest BCUT2D eigenvalue weighted by molar-refractivity contribution is -0.302. The molecule has 0 bridgehead atoms. The molecule has 35 heavy (non-hydrogen) atoms. The van der Waals surface area contributed by atoms with Gasteiger partial charge < -0.3 is 36.7 Å². The van der Waals surface area contributed by atoms with Gasteiger partial charge in [0, 0.05) is 12.2 Å². The van der Waals surface area contributed by atoms with Crippen LogP contribution in [-0.2, 0) is 19.2 Å². The van der Waals surface area contributed by atoms with Crippen LogP contribution in [0.4, 0.5) is 0 Å². The zero-order valence-corrected chi connectivity index (χ0v) is 20.1. The SMILES string of the molecule is C/C([O-])=C/C(SCC(NC(=O)CCC(N)C(=O)O)C(=O)NCC(=O)O)Sc1ncnc2nc[nH]c12. The van der Waals surface area contributed by atoms with E-state index < -0.39 is 47.0 Å². The molecule has 2 aromatic heterocycles. The van der Waals surface area contributed by atoms with E-state index in [-0.39, 0.29) is 24.4 Å². The van der Waals surface area contributed by atoms with Crippen molar-refractivity contribution in [3.8, 4) is 0 Å². The first-order valence-electron chi connectivity index (χ1n) is 10.1. The Labute approximate surface area is 207 Å². The largest absolute Gasteiger partial charge is 0.876 e. The maximum absolute atomic E-state index is 12.5. The number of carbonyl (C=O) groups excluding carboxylic acids is 2. The van der Waals surface area contributed by atoms with Gasteiger partial charge in [-0.05, 0) is 6.42 Å². The molecule has 0 aliphatic heterocycles. The number of nitrogens with two attached hydrogens (primary N) is 1. The summed E-state index contributed by atoms with van der Waals surface area (Å²) in [5.41, 5.74) is 6.41. The Morgan fingerprint density at radius 2 is 2.00 bits per heavy atom. The number of rotatable bonds is 14. The van der Waals surface area contributed by atoms with Crippen molar-refractivity contribution in [3.05, 3.63) is 24.5 Å². The average Bonchev–Trinajstić information content (AvgIpc) is 3.27. The molecule has 0 fully saturated rings. The highest BCUT2D eigenvalue weighted by Gasteiger charge is 2.24. The first-order chi connectivity index (χ1) is 16.6. The number of aromatic amines is 1. The van der Waals surface area contributed by atoms with Gasteiger partial charge in [-0.15, -0.1) is 17.5 Å². The molecule has 14 nitrogen and oxygen atoms in total. The molecule has 0 saturated heterocycles. The number of fused-ring (bicyclic) bond motifs is 1. The number of nitrogens with one attached hydrogen (secondary N) is 3. The molecule has 0 aliphatic rings. The highest BCUT2D eigenvalue weighted by atomic mass is 32.2. The van der Waals surface area contributed by atoms with Crippen LogP contribution in [0.15, 0.2) is 29.5 Å². The van der Waals surface area contributed by atoms with Gasteiger partial charge in [-0.1, -0.05) is 24.8 Å². The quantitative estimate of drug-likeness (QED) is 0.0723. The molecular formula is C19H24N7O7S2-. The Balaban J connectivity index is 2.11. The number of carboxylic acid groups (broad SMARTS) is 2. The number of thioether (sulfide) groups is 2. The second kappa shape index (κ2) is 13.5. The zero-order valence-electron chi connectivity index (χ0n) is 18.5. The summed E-state index contributed by atoms with van der Waals surface area (Å²) < 4.78 is -0.527. The van der Waals surface area contributed by atoms with Crippen LogP contribution in [0.3, 0.4) is 0 Å². The summed E-state index contributed by atoms with van der Waals surface area (Å²) in [5, 5.41) is 34.7. The predicted molar refractivity (Wildman–Crippen MR) is 125 cm³/mol. The second-order valence-electron chi connectivity index (χ2n) is 7.09. The van der Waals surface area contributed by atoms with Crippen LogP contribution in [-0.4, -0.2) is 82.9 Å². The zero-order chi connectivity index (χ0) is 26.0. The molecule has 16 heteroatoms. The van der Waals surface area contributed by atoms with Gasteiger partial charge in [0.2, 0.25) is 11.8 Å². The van der Waals surface area contributed by atoms with Crippen molar-refractivity contribution < 1.29 is 34.5 Å². The summed E-state index contributed by atoms with van der Waals surface area (Å²) in [6.07, 6.45) is 3.79. The Bertz CT molecular complexity index is 1090. The van der Waals surface area contributed by atoms with Crippen molar-refractivity contribution in [2.75, 3.05) is 12.3 Å². The number of H-pyrrole nitrogens is 1. The van der Waals surface area contributed by atoms with Crippen LogP contribution in [0.1, 0.15) is 19.8 Å². The lowest BCUT2D eigenvalue weighted by Crippen LogP contribution is -2.49. The molecule has 190 valence electrons. The van der Waals surface area contributed by atoms with Crippen molar-refractivity contribution in [2.45, 2.75) is 41.5 Å². The van der Waals surface area contributed by atoms with E-state index in [0.717, 1.165) is 11.8 Å². The summed E-state index contributed by atoms with van der Waals surface area (Å²) in [4.78, 5) is 61.7. The van der Waals surface area contributed by atoms with E-state index in [2.05, 4.69) is 30.6 Å².